The Morgan fingerprint density at radius 2 is 1.42 bits per heavy atom. The number of aliphatic hydroxyl groups is 6. The molecule has 45 heavy (non-hydrogen) atoms. The summed E-state index contributed by atoms with van der Waals surface area (Å²) in [4.78, 5) is 12.7. The number of ether oxygens (including phenoxy) is 5. The first-order valence-corrected chi connectivity index (χ1v) is 13.8. The van der Waals surface area contributed by atoms with Crippen molar-refractivity contribution in [3.8, 4) is 23.0 Å². The van der Waals surface area contributed by atoms with Gasteiger partial charge in [-0.3, -0.25) is 0 Å². The molecule has 11 atom stereocenters. The minimum absolute atomic E-state index is 0.148. The molecule has 2 aliphatic heterocycles. The van der Waals surface area contributed by atoms with Gasteiger partial charge < -0.3 is 74.7 Å². The molecule has 0 aliphatic carbocycles. The molecular weight excluding hydrogens is 604 g/mol. The van der Waals surface area contributed by atoms with E-state index in [9.17, 15) is 55.9 Å². The predicted molar refractivity (Wildman–Crippen MR) is 148 cm³/mol. The maximum Gasteiger partial charge on any atom is 0.331 e. The molecule has 16 nitrogen and oxygen atoms in total. The molecule has 0 bridgehead atoms. The average Bonchev–Trinajstić information content (AvgIpc) is 3.01. The first-order valence-electron chi connectivity index (χ1n) is 13.8. The molecule has 0 radical (unpaired) electrons. The number of aliphatic hydroxyl groups excluding tert-OH is 6. The summed E-state index contributed by atoms with van der Waals surface area (Å²) in [6.45, 7) is 0.342. The molecule has 2 aromatic rings. The second-order valence-electron chi connectivity index (χ2n) is 10.6. The van der Waals surface area contributed by atoms with Crippen LogP contribution in [0.15, 0.2) is 42.5 Å². The third-order valence-corrected chi connectivity index (χ3v) is 7.34. The number of esters is 1. The van der Waals surface area contributed by atoms with Gasteiger partial charge in [-0.05, 0) is 48.4 Å². The number of phenolic OH excluding ortho intramolecular Hbond substituents is 4. The maximum absolute atomic E-state index is 12.7. The highest BCUT2D eigenvalue weighted by atomic mass is 16.7. The summed E-state index contributed by atoms with van der Waals surface area (Å²) in [5.41, 5.74) is 0.463. The zero-order valence-electron chi connectivity index (χ0n) is 23.8. The van der Waals surface area contributed by atoms with Crippen LogP contribution in [-0.2, 0) is 28.5 Å². The van der Waals surface area contributed by atoms with Crippen molar-refractivity contribution in [2.24, 2.45) is 0 Å². The van der Waals surface area contributed by atoms with Crippen molar-refractivity contribution in [1.82, 2.24) is 0 Å². The van der Waals surface area contributed by atoms with Gasteiger partial charge in [0, 0.05) is 6.08 Å². The number of hydrogen-bond acceptors (Lipinski definition) is 16. The molecule has 2 aromatic carbocycles. The molecule has 2 aliphatic rings. The van der Waals surface area contributed by atoms with Gasteiger partial charge in [0.05, 0.1) is 19.3 Å². The van der Waals surface area contributed by atoms with Crippen molar-refractivity contribution in [2.75, 3.05) is 13.2 Å². The lowest BCUT2D eigenvalue weighted by molar-refractivity contribution is -0.330. The van der Waals surface area contributed by atoms with Crippen LogP contribution in [0.1, 0.15) is 24.2 Å². The number of aromatic hydroxyl groups is 4. The van der Waals surface area contributed by atoms with Crippen LogP contribution in [0.4, 0.5) is 0 Å². The highest BCUT2D eigenvalue weighted by molar-refractivity contribution is 5.87. The second kappa shape index (κ2) is 14.7. The lowest BCUT2D eigenvalue weighted by Crippen LogP contribution is -2.62. The van der Waals surface area contributed by atoms with Crippen molar-refractivity contribution in [1.29, 1.82) is 0 Å². The summed E-state index contributed by atoms with van der Waals surface area (Å²) >= 11 is 0. The van der Waals surface area contributed by atoms with E-state index in [4.69, 9.17) is 23.7 Å². The standard InChI is InChI=1S/C29H36O16/c1-12-22(36)23(37)25(39)28(43-12)42-11-20-27(45-21(35)7-3-13-2-5-15(30)17(32)8-13)24(38)26(40)29(44-20)41-10-19(34)14-4-6-16(31)18(33)9-14/h2-9,12,19-20,22-34,36-40H,10-11H2,1H3/b7-3+/t12-,19-,20+,22-,23+,24+,25+,26+,27+,28+,29+/m0/s1. The largest absolute Gasteiger partial charge is 0.504 e. The molecule has 0 spiro atoms. The van der Waals surface area contributed by atoms with Gasteiger partial charge in [-0.2, -0.15) is 0 Å². The van der Waals surface area contributed by atoms with E-state index in [1.54, 1.807) is 0 Å². The van der Waals surface area contributed by atoms with Gasteiger partial charge in [-0.15, -0.1) is 0 Å². The molecule has 248 valence electrons. The fourth-order valence-corrected chi connectivity index (χ4v) is 4.68. The molecular formula is C29H36O16. The summed E-state index contributed by atoms with van der Waals surface area (Å²) in [6.07, 6.45) is -14.6. The Morgan fingerprint density at radius 1 is 0.800 bits per heavy atom. The number of benzene rings is 2. The number of hydrogen-bond donors (Lipinski definition) is 10. The van der Waals surface area contributed by atoms with Crippen molar-refractivity contribution in [3.05, 3.63) is 53.6 Å². The van der Waals surface area contributed by atoms with E-state index in [-0.39, 0.29) is 11.3 Å². The van der Waals surface area contributed by atoms with Gasteiger partial charge in [0.2, 0.25) is 0 Å². The van der Waals surface area contributed by atoms with Crippen molar-refractivity contribution < 1.29 is 79.5 Å². The maximum atomic E-state index is 12.7. The summed E-state index contributed by atoms with van der Waals surface area (Å²) in [6, 6.07) is 7.33. The van der Waals surface area contributed by atoms with Gasteiger partial charge in [-0.1, -0.05) is 12.1 Å². The molecule has 0 amide bonds. The Bertz CT molecular complexity index is 1340. The molecule has 16 heteroatoms. The monoisotopic (exact) mass is 640 g/mol. The lowest BCUT2D eigenvalue weighted by atomic mass is 9.98. The average molecular weight is 641 g/mol. The summed E-state index contributed by atoms with van der Waals surface area (Å²) < 4.78 is 27.5. The van der Waals surface area contributed by atoms with Crippen molar-refractivity contribution >= 4 is 12.0 Å². The Morgan fingerprint density at radius 3 is 2.09 bits per heavy atom. The third kappa shape index (κ3) is 8.19. The van der Waals surface area contributed by atoms with Gasteiger partial charge in [-0.25, -0.2) is 4.79 Å². The van der Waals surface area contributed by atoms with Crippen LogP contribution in [0.3, 0.4) is 0 Å². The molecule has 0 unspecified atom stereocenters. The first-order chi connectivity index (χ1) is 21.3. The summed E-state index contributed by atoms with van der Waals surface area (Å²) in [5.74, 6) is -2.73. The fourth-order valence-electron chi connectivity index (χ4n) is 4.68. The van der Waals surface area contributed by atoms with Crippen LogP contribution in [0, 0.1) is 0 Å². The van der Waals surface area contributed by atoms with E-state index in [0.717, 1.165) is 18.2 Å². The van der Waals surface area contributed by atoms with Crippen molar-refractivity contribution in [3.63, 3.8) is 0 Å². The minimum Gasteiger partial charge on any atom is -0.504 e. The Balaban J connectivity index is 1.48. The van der Waals surface area contributed by atoms with Gasteiger partial charge in [0.15, 0.2) is 41.7 Å². The van der Waals surface area contributed by atoms with Crippen LogP contribution in [0.25, 0.3) is 6.08 Å². The topological polar surface area (TPSA) is 266 Å². The van der Waals surface area contributed by atoms with E-state index in [1.165, 1.54) is 37.3 Å². The summed E-state index contributed by atoms with van der Waals surface area (Å²) in [5, 5.41) is 101. The molecule has 2 saturated heterocycles. The van der Waals surface area contributed by atoms with E-state index in [1.807, 2.05) is 0 Å². The fraction of sp³-hybridized carbons (Fsp3) is 0.483. The zero-order valence-corrected chi connectivity index (χ0v) is 23.8. The Hall–Kier alpha value is -3.55. The van der Waals surface area contributed by atoms with Crippen LogP contribution in [0.5, 0.6) is 23.0 Å². The van der Waals surface area contributed by atoms with Gasteiger partial charge >= 0.3 is 5.97 Å². The van der Waals surface area contributed by atoms with E-state index < -0.39 is 104 Å². The van der Waals surface area contributed by atoms with E-state index in [2.05, 4.69) is 0 Å². The van der Waals surface area contributed by atoms with E-state index >= 15 is 0 Å². The number of carbonyl (C=O) groups is 1. The third-order valence-electron chi connectivity index (χ3n) is 7.34. The smallest absolute Gasteiger partial charge is 0.331 e. The normalized spacial score (nSPS) is 32.8. The first kappa shape index (κ1) is 34.3. The molecule has 10 N–H and O–H groups in total. The number of phenols is 4. The highest BCUT2D eigenvalue weighted by Gasteiger charge is 2.49. The summed E-state index contributed by atoms with van der Waals surface area (Å²) in [7, 11) is 0. The Kier molecular flexibility index (Phi) is 11.2. The Labute approximate surface area is 256 Å². The predicted octanol–water partition coefficient (Wildman–Crippen LogP) is -1.53. The van der Waals surface area contributed by atoms with Gasteiger partial charge in [0.1, 0.15) is 42.7 Å². The SMILES string of the molecule is C[C@@H]1O[C@@H](OC[C@H]2O[C@@H](OC[C@H](O)c3ccc(O)c(O)c3)[C@H](O)[C@@H](O)[C@@H]2OC(=O)/C=C/c2ccc(O)c(O)c2)[C@H](O)[C@H](O)[C@H]1O. The number of rotatable bonds is 10. The molecule has 2 heterocycles. The molecule has 0 aromatic heterocycles. The highest BCUT2D eigenvalue weighted by Crippen LogP contribution is 2.31. The lowest BCUT2D eigenvalue weighted by Gasteiger charge is -2.43. The van der Waals surface area contributed by atoms with Crippen LogP contribution >= 0.6 is 0 Å². The van der Waals surface area contributed by atoms with Gasteiger partial charge in [0.25, 0.3) is 0 Å². The van der Waals surface area contributed by atoms with E-state index in [0.29, 0.717) is 5.56 Å². The zero-order chi connectivity index (χ0) is 33.0. The van der Waals surface area contributed by atoms with Crippen molar-refractivity contribution in [2.45, 2.75) is 74.4 Å². The number of carbonyl (C=O) groups excluding carboxylic acids is 1. The molecule has 0 saturated carbocycles. The second-order valence-corrected chi connectivity index (χ2v) is 10.6. The van der Waals surface area contributed by atoms with Crippen LogP contribution < -0.4 is 0 Å². The minimum atomic E-state index is -1.84. The van der Waals surface area contributed by atoms with Crippen LogP contribution in [0.2, 0.25) is 0 Å². The molecule has 4 rings (SSSR count). The van der Waals surface area contributed by atoms with Crippen LogP contribution in [-0.4, -0.2) is 132 Å². The molecule has 2 fully saturated rings. The quantitative estimate of drug-likeness (QED) is 0.0802.